The molecule has 0 N–H and O–H groups in total. The van der Waals surface area contributed by atoms with Crippen molar-refractivity contribution < 1.29 is 9.53 Å². The molecule has 1 fully saturated rings. The van der Waals surface area contributed by atoms with Gasteiger partial charge < -0.3 is 4.74 Å². The summed E-state index contributed by atoms with van der Waals surface area (Å²) in [6, 6.07) is 2.02. The molecular formula is C14H14N2O2S. The maximum Gasteiger partial charge on any atom is 0.179 e. The Kier molecular flexibility index (Phi) is 2.63. The molecule has 0 amide bonds. The molecule has 0 radical (unpaired) electrons. The van der Waals surface area contributed by atoms with Crippen LogP contribution in [0.5, 0.6) is 0 Å². The van der Waals surface area contributed by atoms with E-state index in [0.29, 0.717) is 6.42 Å². The van der Waals surface area contributed by atoms with Gasteiger partial charge in [0.2, 0.25) is 0 Å². The van der Waals surface area contributed by atoms with Gasteiger partial charge in [-0.15, -0.1) is 11.3 Å². The Morgan fingerprint density at radius 3 is 2.74 bits per heavy atom. The highest BCUT2D eigenvalue weighted by Gasteiger charge is 2.59. The van der Waals surface area contributed by atoms with Gasteiger partial charge >= 0.3 is 0 Å². The summed E-state index contributed by atoms with van der Waals surface area (Å²) in [5.41, 5.74) is 0.0626. The molecule has 3 rings (SSSR count). The lowest BCUT2D eigenvalue weighted by Crippen LogP contribution is -2.38. The Hall–Kier alpha value is -1.51. The van der Waals surface area contributed by atoms with E-state index in [4.69, 9.17) is 4.74 Å². The van der Waals surface area contributed by atoms with Crippen LogP contribution in [0.25, 0.3) is 0 Å². The predicted molar refractivity (Wildman–Crippen MR) is 70.5 cm³/mol. The van der Waals surface area contributed by atoms with E-state index < -0.39 is 5.60 Å². The van der Waals surface area contributed by atoms with Crippen LogP contribution in [0.2, 0.25) is 0 Å². The number of thiazole rings is 1. The number of ketones is 1. The SMILES string of the molecule is COC1(c2nc(C)cs2)C=C(C#N)C(=O)C2(CC2)C1. The van der Waals surface area contributed by atoms with Gasteiger partial charge in [0.1, 0.15) is 16.7 Å². The van der Waals surface area contributed by atoms with Crippen molar-refractivity contribution >= 4 is 17.1 Å². The fourth-order valence-electron chi connectivity index (χ4n) is 2.76. The maximum absolute atomic E-state index is 12.2. The van der Waals surface area contributed by atoms with Crippen LogP contribution < -0.4 is 0 Å². The largest absolute Gasteiger partial charge is 0.367 e. The zero-order chi connectivity index (χ0) is 13.7. The zero-order valence-electron chi connectivity index (χ0n) is 10.9. The van der Waals surface area contributed by atoms with Gasteiger partial charge in [-0.25, -0.2) is 4.98 Å². The second-order valence-corrected chi connectivity index (χ2v) is 6.20. The Balaban J connectivity index is 2.14. The van der Waals surface area contributed by atoms with Gasteiger partial charge in [0.15, 0.2) is 5.78 Å². The molecule has 2 aliphatic rings. The topological polar surface area (TPSA) is 63.0 Å². The molecule has 19 heavy (non-hydrogen) atoms. The van der Waals surface area contributed by atoms with Crippen molar-refractivity contribution in [3.8, 4) is 6.07 Å². The first-order valence-corrected chi connectivity index (χ1v) is 7.09. The number of nitriles is 1. The average molecular weight is 274 g/mol. The minimum Gasteiger partial charge on any atom is -0.367 e. The summed E-state index contributed by atoms with van der Waals surface area (Å²) in [5.74, 6) is -0.0176. The molecule has 1 aromatic heterocycles. The van der Waals surface area contributed by atoms with Crippen LogP contribution in [0.4, 0.5) is 0 Å². The van der Waals surface area contributed by atoms with E-state index in [-0.39, 0.29) is 16.8 Å². The van der Waals surface area contributed by atoms with Crippen LogP contribution in [-0.4, -0.2) is 17.9 Å². The number of ether oxygens (including phenoxy) is 1. The zero-order valence-corrected chi connectivity index (χ0v) is 11.7. The molecule has 5 heteroatoms. The fraction of sp³-hybridized carbons (Fsp3) is 0.500. The third kappa shape index (κ3) is 1.75. The van der Waals surface area contributed by atoms with Gasteiger partial charge in [0.25, 0.3) is 0 Å². The van der Waals surface area contributed by atoms with Crippen LogP contribution in [-0.2, 0) is 15.1 Å². The second-order valence-electron chi connectivity index (χ2n) is 5.34. The molecule has 0 aliphatic heterocycles. The smallest absolute Gasteiger partial charge is 0.179 e. The van der Waals surface area contributed by atoms with Crippen molar-refractivity contribution in [3.63, 3.8) is 0 Å². The third-order valence-corrected chi connectivity index (χ3v) is 5.14. The molecule has 1 unspecified atom stereocenters. The van der Waals surface area contributed by atoms with E-state index in [1.807, 2.05) is 18.4 Å². The second kappa shape index (κ2) is 3.99. The van der Waals surface area contributed by atoms with Crippen molar-refractivity contribution in [3.05, 3.63) is 27.7 Å². The van der Waals surface area contributed by atoms with Gasteiger partial charge in [-0.05, 0) is 32.3 Å². The van der Waals surface area contributed by atoms with Crippen molar-refractivity contribution in [2.24, 2.45) is 5.41 Å². The van der Waals surface area contributed by atoms with Crippen LogP contribution >= 0.6 is 11.3 Å². The quantitative estimate of drug-likeness (QED) is 0.831. The lowest BCUT2D eigenvalue weighted by Gasteiger charge is -2.34. The number of aryl methyl sites for hydroxylation is 1. The summed E-state index contributed by atoms with van der Waals surface area (Å²) in [6.45, 7) is 1.93. The summed E-state index contributed by atoms with van der Waals surface area (Å²) in [5, 5.41) is 12.0. The number of allylic oxidation sites excluding steroid dienone is 1. The van der Waals surface area contributed by atoms with Gasteiger partial charge in [0.05, 0.1) is 5.57 Å². The van der Waals surface area contributed by atoms with E-state index in [1.54, 1.807) is 13.2 Å². The normalized spacial score (nSPS) is 28.1. The molecule has 1 heterocycles. The monoisotopic (exact) mass is 274 g/mol. The molecule has 1 aromatic rings. The maximum atomic E-state index is 12.2. The highest BCUT2D eigenvalue weighted by molar-refractivity contribution is 7.09. The minimum absolute atomic E-state index is 0.0176. The summed E-state index contributed by atoms with van der Waals surface area (Å²) < 4.78 is 5.70. The standard InChI is InChI=1S/C14H14N2O2S/c1-9-7-19-12(16-9)14(18-2)5-10(6-15)11(17)13(8-14)3-4-13/h5,7H,3-4,8H2,1-2H3. The molecule has 4 nitrogen and oxygen atoms in total. The number of carbonyl (C=O) groups excluding carboxylic acids is 1. The highest BCUT2D eigenvalue weighted by Crippen LogP contribution is 2.59. The van der Waals surface area contributed by atoms with Crippen LogP contribution in [0.1, 0.15) is 30.0 Å². The van der Waals surface area contributed by atoms with Crippen molar-refractivity contribution in [1.82, 2.24) is 4.98 Å². The number of aromatic nitrogens is 1. The van der Waals surface area contributed by atoms with E-state index in [2.05, 4.69) is 4.98 Å². The van der Waals surface area contributed by atoms with Crippen molar-refractivity contribution in [1.29, 1.82) is 5.26 Å². The van der Waals surface area contributed by atoms with Crippen molar-refractivity contribution in [2.45, 2.75) is 31.8 Å². The summed E-state index contributed by atoms with van der Waals surface area (Å²) in [6.07, 6.45) is 3.96. The highest BCUT2D eigenvalue weighted by atomic mass is 32.1. The number of hydrogen-bond donors (Lipinski definition) is 0. The van der Waals surface area contributed by atoms with Gasteiger partial charge in [-0.3, -0.25) is 4.79 Å². The molecule has 0 aromatic carbocycles. The third-order valence-electron chi connectivity index (χ3n) is 4.02. The molecule has 1 atom stereocenters. The predicted octanol–water partition coefficient (Wildman–Crippen LogP) is 2.50. The Morgan fingerprint density at radius 1 is 1.53 bits per heavy atom. The molecule has 0 bridgehead atoms. The Labute approximate surface area is 115 Å². The van der Waals surface area contributed by atoms with Crippen molar-refractivity contribution in [2.75, 3.05) is 7.11 Å². The number of Topliss-reactive ketones (excluding diaryl/α,β-unsaturated/α-hetero) is 1. The van der Waals surface area contributed by atoms with Gasteiger partial charge in [-0.2, -0.15) is 5.26 Å². The molecule has 1 saturated carbocycles. The van der Waals surface area contributed by atoms with E-state index >= 15 is 0 Å². The lowest BCUT2D eigenvalue weighted by molar-refractivity contribution is -0.124. The Bertz CT molecular complexity index is 622. The average Bonchev–Trinajstić information content (AvgIpc) is 3.05. The van der Waals surface area contributed by atoms with Gasteiger partial charge in [0, 0.05) is 23.6 Å². The van der Waals surface area contributed by atoms with Crippen LogP contribution in [0.15, 0.2) is 17.0 Å². The fourth-order valence-corrected chi connectivity index (χ4v) is 3.71. The number of hydrogen-bond acceptors (Lipinski definition) is 5. The van der Waals surface area contributed by atoms with E-state index in [1.165, 1.54) is 11.3 Å². The molecule has 2 aliphatic carbocycles. The number of nitrogens with zero attached hydrogens (tertiary/aromatic N) is 2. The number of rotatable bonds is 2. The first kappa shape index (κ1) is 12.5. The van der Waals surface area contributed by atoms with E-state index in [0.717, 1.165) is 23.5 Å². The first-order chi connectivity index (χ1) is 9.05. The molecule has 0 saturated heterocycles. The minimum atomic E-state index is -0.714. The molecule has 98 valence electrons. The summed E-state index contributed by atoms with van der Waals surface area (Å²) >= 11 is 1.52. The first-order valence-electron chi connectivity index (χ1n) is 6.21. The number of methoxy groups -OCH3 is 1. The van der Waals surface area contributed by atoms with E-state index in [9.17, 15) is 10.1 Å². The van der Waals surface area contributed by atoms with Crippen LogP contribution in [0.3, 0.4) is 0 Å². The van der Waals surface area contributed by atoms with Gasteiger partial charge in [-0.1, -0.05) is 0 Å². The Morgan fingerprint density at radius 2 is 2.26 bits per heavy atom. The summed E-state index contributed by atoms with van der Waals surface area (Å²) in [4.78, 5) is 16.7. The summed E-state index contributed by atoms with van der Waals surface area (Å²) in [7, 11) is 1.62. The lowest BCUT2D eigenvalue weighted by atomic mass is 9.76. The number of carbonyl (C=O) groups is 1. The van der Waals surface area contributed by atoms with Crippen LogP contribution in [0, 0.1) is 23.7 Å². The molecular weight excluding hydrogens is 260 g/mol. The molecule has 1 spiro atoms.